The summed E-state index contributed by atoms with van der Waals surface area (Å²) in [4.78, 5) is 4.50. The summed E-state index contributed by atoms with van der Waals surface area (Å²) in [6.07, 6.45) is 0.931. The summed E-state index contributed by atoms with van der Waals surface area (Å²) in [5.74, 6) is 1.33. The number of thiazole rings is 1. The summed E-state index contributed by atoms with van der Waals surface area (Å²) in [5, 5.41) is 4.11. The van der Waals surface area contributed by atoms with Crippen molar-refractivity contribution < 1.29 is 4.42 Å². The Balaban J connectivity index is 2.21. The second-order valence-electron chi connectivity index (χ2n) is 4.02. The first-order valence-corrected chi connectivity index (χ1v) is 7.26. The van der Waals surface area contributed by atoms with Crippen LogP contribution in [0.1, 0.15) is 17.5 Å². The third-order valence-corrected chi connectivity index (χ3v) is 4.21. The zero-order chi connectivity index (χ0) is 12.5. The van der Waals surface area contributed by atoms with Crippen LogP contribution in [0.15, 0.2) is 34.1 Å². The Bertz CT molecular complexity index is 686. The summed E-state index contributed by atoms with van der Waals surface area (Å²) in [5.41, 5.74) is 3.03. The predicted octanol–water partition coefficient (Wildman–Crippen LogP) is 4.86. The first-order chi connectivity index (χ1) is 8.83. The van der Waals surface area contributed by atoms with Crippen LogP contribution in [0.25, 0.3) is 22.4 Å². The molecule has 0 amide bonds. The van der Waals surface area contributed by atoms with E-state index in [-0.39, 0.29) is 0 Å². The molecule has 0 aliphatic carbocycles. The van der Waals surface area contributed by atoms with E-state index in [9.17, 15) is 0 Å². The Morgan fingerprint density at radius 1 is 1.33 bits per heavy atom. The van der Waals surface area contributed by atoms with Gasteiger partial charge in [0.25, 0.3) is 0 Å². The fourth-order valence-electron chi connectivity index (χ4n) is 2.13. The standard InChI is InChI=1S/C14H12ClNOS/c1-2-9-10-5-3-4-6-12(10)17-14(9)11-8-18-13(7-15)16-11/h3-6,8H,2,7H2,1H3. The lowest BCUT2D eigenvalue weighted by molar-refractivity contribution is 0.625. The molecule has 4 heteroatoms. The third-order valence-electron chi connectivity index (χ3n) is 2.95. The number of hydrogen-bond acceptors (Lipinski definition) is 3. The van der Waals surface area contributed by atoms with Crippen LogP contribution in [0.3, 0.4) is 0 Å². The SMILES string of the molecule is CCc1c(-c2csc(CCl)n2)oc2ccccc12. The van der Waals surface area contributed by atoms with Gasteiger partial charge in [0, 0.05) is 16.3 Å². The van der Waals surface area contributed by atoms with E-state index in [4.69, 9.17) is 16.0 Å². The molecule has 2 heterocycles. The molecular weight excluding hydrogens is 266 g/mol. The minimum absolute atomic E-state index is 0.451. The van der Waals surface area contributed by atoms with Gasteiger partial charge < -0.3 is 4.42 Å². The first-order valence-electron chi connectivity index (χ1n) is 5.84. The molecule has 1 aromatic carbocycles. The van der Waals surface area contributed by atoms with E-state index in [0.717, 1.165) is 28.5 Å². The highest BCUT2D eigenvalue weighted by Gasteiger charge is 2.16. The second-order valence-corrected chi connectivity index (χ2v) is 5.23. The summed E-state index contributed by atoms with van der Waals surface area (Å²) in [6, 6.07) is 8.11. The zero-order valence-electron chi connectivity index (χ0n) is 9.94. The molecule has 0 N–H and O–H groups in total. The molecule has 18 heavy (non-hydrogen) atoms. The van der Waals surface area contributed by atoms with Crippen molar-refractivity contribution in [1.82, 2.24) is 4.98 Å². The average molecular weight is 278 g/mol. The molecule has 0 aliphatic heterocycles. The maximum Gasteiger partial charge on any atom is 0.157 e. The second kappa shape index (κ2) is 4.75. The number of aromatic nitrogens is 1. The number of alkyl halides is 1. The van der Waals surface area contributed by atoms with Crippen molar-refractivity contribution in [3.8, 4) is 11.5 Å². The molecule has 3 aromatic rings. The molecule has 0 atom stereocenters. The van der Waals surface area contributed by atoms with Crippen LogP contribution in [0.5, 0.6) is 0 Å². The number of nitrogens with zero attached hydrogens (tertiary/aromatic N) is 1. The van der Waals surface area contributed by atoms with Crippen LogP contribution < -0.4 is 0 Å². The zero-order valence-corrected chi connectivity index (χ0v) is 11.5. The van der Waals surface area contributed by atoms with Gasteiger partial charge in [0.1, 0.15) is 16.3 Å². The van der Waals surface area contributed by atoms with Crippen molar-refractivity contribution in [2.75, 3.05) is 0 Å². The van der Waals surface area contributed by atoms with Gasteiger partial charge >= 0.3 is 0 Å². The molecular formula is C14H12ClNOS. The largest absolute Gasteiger partial charge is 0.454 e. The number of para-hydroxylation sites is 1. The fourth-order valence-corrected chi connectivity index (χ4v) is 3.00. The smallest absolute Gasteiger partial charge is 0.157 e. The van der Waals surface area contributed by atoms with Gasteiger partial charge in [-0.25, -0.2) is 4.98 Å². The minimum atomic E-state index is 0.451. The first kappa shape index (κ1) is 11.8. The summed E-state index contributed by atoms with van der Waals surface area (Å²) in [7, 11) is 0. The maximum absolute atomic E-state index is 5.94. The molecule has 2 nitrogen and oxygen atoms in total. The molecule has 0 radical (unpaired) electrons. The topological polar surface area (TPSA) is 26.0 Å². The van der Waals surface area contributed by atoms with Crippen molar-refractivity contribution in [1.29, 1.82) is 0 Å². The van der Waals surface area contributed by atoms with E-state index in [1.165, 1.54) is 10.9 Å². The Labute approximate surface area is 114 Å². The highest BCUT2D eigenvalue weighted by atomic mass is 35.5. The summed E-state index contributed by atoms with van der Waals surface area (Å²) >= 11 is 7.37. The molecule has 3 rings (SSSR count). The molecule has 0 saturated carbocycles. The monoisotopic (exact) mass is 277 g/mol. The van der Waals surface area contributed by atoms with Gasteiger partial charge in [0.15, 0.2) is 5.76 Å². The summed E-state index contributed by atoms with van der Waals surface area (Å²) < 4.78 is 5.94. The number of rotatable bonds is 3. The van der Waals surface area contributed by atoms with Crippen molar-refractivity contribution in [2.24, 2.45) is 0 Å². The number of benzene rings is 1. The van der Waals surface area contributed by atoms with Crippen LogP contribution in [0.2, 0.25) is 0 Å². The van der Waals surface area contributed by atoms with Crippen LogP contribution in [0.4, 0.5) is 0 Å². The van der Waals surface area contributed by atoms with Crippen LogP contribution in [0, 0.1) is 0 Å². The van der Waals surface area contributed by atoms with E-state index < -0.39 is 0 Å². The number of furan rings is 1. The van der Waals surface area contributed by atoms with E-state index in [1.54, 1.807) is 11.3 Å². The molecule has 2 aromatic heterocycles. The molecule has 0 saturated heterocycles. The molecule has 0 aliphatic rings. The van der Waals surface area contributed by atoms with Crippen LogP contribution in [-0.4, -0.2) is 4.98 Å². The number of aryl methyl sites for hydroxylation is 1. The highest BCUT2D eigenvalue weighted by Crippen LogP contribution is 2.34. The quantitative estimate of drug-likeness (QED) is 0.639. The van der Waals surface area contributed by atoms with Gasteiger partial charge in [-0.1, -0.05) is 25.1 Å². The average Bonchev–Trinajstić information content (AvgIpc) is 3.02. The Morgan fingerprint density at radius 2 is 2.17 bits per heavy atom. The fraction of sp³-hybridized carbons (Fsp3) is 0.214. The Hall–Kier alpha value is -1.32. The summed E-state index contributed by atoms with van der Waals surface area (Å²) in [6.45, 7) is 2.13. The van der Waals surface area contributed by atoms with Crippen molar-refractivity contribution in [3.63, 3.8) is 0 Å². The van der Waals surface area contributed by atoms with E-state index >= 15 is 0 Å². The lowest BCUT2D eigenvalue weighted by Gasteiger charge is -1.95. The van der Waals surface area contributed by atoms with Gasteiger partial charge in [-0.3, -0.25) is 0 Å². The van der Waals surface area contributed by atoms with Crippen molar-refractivity contribution in [2.45, 2.75) is 19.2 Å². The van der Waals surface area contributed by atoms with E-state index in [1.807, 2.05) is 23.6 Å². The predicted molar refractivity (Wildman–Crippen MR) is 76.3 cm³/mol. The van der Waals surface area contributed by atoms with Gasteiger partial charge in [-0.15, -0.1) is 22.9 Å². The van der Waals surface area contributed by atoms with Gasteiger partial charge in [0.05, 0.1) is 5.88 Å². The lowest BCUT2D eigenvalue weighted by atomic mass is 10.1. The molecule has 0 bridgehead atoms. The molecule has 0 fully saturated rings. The molecule has 0 unspecified atom stereocenters. The number of halogens is 1. The van der Waals surface area contributed by atoms with Crippen molar-refractivity contribution >= 4 is 33.9 Å². The molecule has 92 valence electrons. The molecule has 0 spiro atoms. The van der Waals surface area contributed by atoms with Crippen LogP contribution in [-0.2, 0) is 12.3 Å². The van der Waals surface area contributed by atoms with E-state index in [0.29, 0.717) is 5.88 Å². The highest BCUT2D eigenvalue weighted by molar-refractivity contribution is 7.10. The Morgan fingerprint density at radius 3 is 2.89 bits per heavy atom. The van der Waals surface area contributed by atoms with Gasteiger partial charge in [-0.2, -0.15) is 0 Å². The lowest BCUT2D eigenvalue weighted by Crippen LogP contribution is -1.83. The van der Waals surface area contributed by atoms with Gasteiger partial charge in [0.2, 0.25) is 0 Å². The third kappa shape index (κ3) is 1.84. The maximum atomic E-state index is 5.94. The van der Waals surface area contributed by atoms with Crippen molar-refractivity contribution in [3.05, 3.63) is 40.2 Å². The number of fused-ring (bicyclic) bond motifs is 1. The van der Waals surface area contributed by atoms with E-state index in [2.05, 4.69) is 18.0 Å². The minimum Gasteiger partial charge on any atom is -0.454 e. The Kier molecular flexibility index (Phi) is 3.10. The van der Waals surface area contributed by atoms with Gasteiger partial charge in [-0.05, 0) is 12.5 Å². The van der Waals surface area contributed by atoms with Crippen LogP contribution >= 0.6 is 22.9 Å². The normalized spacial score (nSPS) is 11.2. The number of hydrogen-bond donors (Lipinski definition) is 0.